The van der Waals surface area contributed by atoms with Gasteiger partial charge >= 0.3 is 0 Å². The molecule has 3 heteroatoms. The van der Waals surface area contributed by atoms with E-state index in [1.807, 2.05) is 0 Å². The van der Waals surface area contributed by atoms with Crippen molar-refractivity contribution in [3.05, 3.63) is 0 Å². The van der Waals surface area contributed by atoms with Gasteiger partial charge in [0.2, 0.25) is 5.91 Å². The van der Waals surface area contributed by atoms with Gasteiger partial charge in [-0.1, -0.05) is 20.8 Å². The molecule has 2 atom stereocenters. The van der Waals surface area contributed by atoms with Gasteiger partial charge in [0.1, 0.15) is 0 Å². The zero-order valence-corrected chi connectivity index (χ0v) is 8.76. The molecule has 3 N–H and O–H groups in total. The van der Waals surface area contributed by atoms with E-state index < -0.39 is 0 Å². The number of hydrogen-bond acceptors (Lipinski definition) is 2. The average Bonchev–Trinajstić information content (AvgIpc) is 1.97. The van der Waals surface area contributed by atoms with Crippen LogP contribution in [0.25, 0.3) is 0 Å². The van der Waals surface area contributed by atoms with Crippen LogP contribution in [0.15, 0.2) is 0 Å². The van der Waals surface area contributed by atoms with Gasteiger partial charge in [0.05, 0.1) is 5.92 Å². The van der Waals surface area contributed by atoms with Crippen molar-refractivity contribution >= 4 is 5.91 Å². The van der Waals surface area contributed by atoms with E-state index >= 15 is 0 Å². The van der Waals surface area contributed by atoms with Crippen LogP contribution in [0, 0.1) is 11.3 Å². The van der Waals surface area contributed by atoms with Crippen molar-refractivity contribution in [3.8, 4) is 0 Å². The molecule has 0 aromatic carbocycles. The molecule has 3 nitrogen and oxygen atoms in total. The Bertz CT molecular complexity index is 196. The molecule has 1 aliphatic carbocycles. The minimum atomic E-state index is 0.0716. The summed E-state index contributed by atoms with van der Waals surface area (Å²) in [6.45, 7) is 7.05. The number of amides is 1. The molecule has 1 aliphatic rings. The largest absolute Gasteiger partial charge is 0.355 e. The predicted octanol–water partition coefficient (Wildman–Crippen LogP) is 0.886. The van der Waals surface area contributed by atoms with Gasteiger partial charge in [-0.05, 0) is 18.3 Å². The highest BCUT2D eigenvalue weighted by Crippen LogP contribution is 2.25. The first kappa shape index (κ1) is 10.5. The van der Waals surface area contributed by atoms with Gasteiger partial charge < -0.3 is 11.1 Å². The molecule has 0 spiro atoms. The van der Waals surface area contributed by atoms with Crippen molar-refractivity contribution in [2.24, 2.45) is 17.1 Å². The Morgan fingerprint density at radius 2 is 2.08 bits per heavy atom. The molecule has 0 aromatic heterocycles. The molecule has 2 unspecified atom stereocenters. The lowest BCUT2D eigenvalue weighted by Crippen LogP contribution is -2.49. The highest BCUT2D eigenvalue weighted by atomic mass is 16.1. The predicted molar refractivity (Wildman–Crippen MR) is 53.2 cm³/mol. The third-order valence-corrected chi connectivity index (χ3v) is 2.46. The molecule has 0 bridgehead atoms. The molecular weight excluding hydrogens is 164 g/mol. The SMILES string of the molecule is CC(C)(C)CNC(=O)C1CCC1N. The highest BCUT2D eigenvalue weighted by molar-refractivity contribution is 5.80. The molecule has 0 radical (unpaired) electrons. The molecule has 1 amide bonds. The van der Waals surface area contributed by atoms with Crippen LogP contribution in [0.1, 0.15) is 33.6 Å². The summed E-state index contributed by atoms with van der Waals surface area (Å²) in [5.41, 5.74) is 5.86. The second-order valence-corrected chi connectivity index (χ2v) is 5.13. The highest BCUT2D eigenvalue weighted by Gasteiger charge is 2.33. The summed E-state index contributed by atoms with van der Waals surface area (Å²) in [6, 6.07) is 0.0972. The average molecular weight is 184 g/mol. The van der Waals surface area contributed by atoms with Gasteiger partial charge in [-0.25, -0.2) is 0 Å². The lowest BCUT2D eigenvalue weighted by atomic mass is 9.79. The minimum Gasteiger partial charge on any atom is -0.355 e. The smallest absolute Gasteiger partial charge is 0.224 e. The molecule has 0 saturated heterocycles. The van der Waals surface area contributed by atoms with Crippen LogP contribution in [-0.4, -0.2) is 18.5 Å². The third-order valence-electron chi connectivity index (χ3n) is 2.46. The third kappa shape index (κ3) is 2.99. The van der Waals surface area contributed by atoms with E-state index in [-0.39, 0.29) is 23.3 Å². The fourth-order valence-electron chi connectivity index (χ4n) is 1.33. The summed E-state index contributed by atoms with van der Waals surface area (Å²) >= 11 is 0. The summed E-state index contributed by atoms with van der Waals surface area (Å²) in [6.07, 6.45) is 1.95. The zero-order valence-electron chi connectivity index (χ0n) is 8.76. The maximum absolute atomic E-state index is 11.5. The minimum absolute atomic E-state index is 0.0716. The van der Waals surface area contributed by atoms with Crippen LogP contribution >= 0.6 is 0 Å². The summed E-state index contributed by atoms with van der Waals surface area (Å²) in [4.78, 5) is 11.5. The van der Waals surface area contributed by atoms with E-state index in [0.717, 1.165) is 19.4 Å². The Morgan fingerprint density at radius 3 is 2.38 bits per heavy atom. The fourth-order valence-corrected chi connectivity index (χ4v) is 1.33. The monoisotopic (exact) mass is 184 g/mol. The summed E-state index contributed by atoms with van der Waals surface area (Å²) in [5, 5.41) is 2.94. The molecule has 1 rings (SSSR count). The maximum Gasteiger partial charge on any atom is 0.224 e. The van der Waals surface area contributed by atoms with Crippen molar-refractivity contribution in [3.63, 3.8) is 0 Å². The normalized spacial score (nSPS) is 28.0. The van der Waals surface area contributed by atoms with Crippen LogP contribution in [0.3, 0.4) is 0 Å². The molecule has 0 aromatic rings. The van der Waals surface area contributed by atoms with E-state index in [9.17, 15) is 4.79 Å². The lowest BCUT2D eigenvalue weighted by Gasteiger charge is -2.33. The van der Waals surface area contributed by atoms with Crippen molar-refractivity contribution in [2.45, 2.75) is 39.7 Å². The number of carbonyl (C=O) groups excluding carboxylic acids is 1. The Morgan fingerprint density at radius 1 is 1.46 bits per heavy atom. The molecule has 0 heterocycles. The molecule has 1 fully saturated rings. The van der Waals surface area contributed by atoms with Crippen LogP contribution in [0.5, 0.6) is 0 Å². The second kappa shape index (κ2) is 3.66. The van der Waals surface area contributed by atoms with Crippen molar-refractivity contribution < 1.29 is 4.79 Å². The quantitative estimate of drug-likeness (QED) is 0.669. The van der Waals surface area contributed by atoms with Crippen molar-refractivity contribution in [1.29, 1.82) is 0 Å². The summed E-state index contributed by atoms with van der Waals surface area (Å²) < 4.78 is 0. The number of nitrogens with one attached hydrogen (secondary N) is 1. The molecule has 76 valence electrons. The van der Waals surface area contributed by atoms with E-state index in [4.69, 9.17) is 5.73 Å². The number of nitrogens with two attached hydrogens (primary N) is 1. The van der Waals surface area contributed by atoms with Crippen molar-refractivity contribution in [2.75, 3.05) is 6.54 Å². The van der Waals surface area contributed by atoms with E-state index in [1.165, 1.54) is 0 Å². The Balaban J connectivity index is 2.26. The molecule has 0 aliphatic heterocycles. The summed E-state index contributed by atoms with van der Waals surface area (Å²) in [5.74, 6) is 0.205. The van der Waals surface area contributed by atoms with Gasteiger partial charge in [0.15, 0.2) is 0 Å². The van der Waals surface area contributed by atoms with Gasteiger partial charge in [-0.2, -0.15) is 0 Å². The first-order valence-corrected chi connectivity index (χ1v) is 4.93. The van der Waals surface area contributed by atoms with Crippen LogP contribution < -0.4 is 11.1 Å². The maximum atomic E-state index is 11.5. The van der Waals surface area contributed by atoms with Gasteiger partial charge in [0.25, 0.3) is 0 Å². The Hall–Kier alpha value is -0.570. The van der Waals surface area contributed by atoms with Crippen molar-refractivity contribution in [1.82, 2.24) is 5.32 Å². The molecular formula is C10H20N2O. The van der Waals surface area contributed by atoms with E-state index in [0.29, 0.717) is 0 Å². The standard InChI is InChI=1S/C10H20N2O/c1-10(2,3)6-12-9(13)7-4-5-8(7)11/h7-8H,4-6,11H2,1-3H3,(H,12,13). The van der Waals surface area contributed by atoms with E-state index in [2.05, 4.69) is 26.1 Å². The van der Waals surface area contributed by atoms with Gasteiger partial charge in [-0.15, -0.1) is 0 Å². The molecule has 13 heavy (non-hydrogen) atoms. The van der Waals surface area contributed by atoms with Crippen LogP contribution in [-0.2, 0) is 4.79 Å². The first-order valence-electron chi connectivity index (χ1n) is 4.93. The Labute approximate surface area is 80.1 Å². The number of carbonyl (C=O) groups is 1. The van der Waals surface area contributed by atoms with Gasteiger partial charge in [0, 0.05) is 12.6 Å². The topological polar surface area (TPSA) is 55.1 Å². The number of hydrogen-bond donors (Lipinski definition) is 2. The fraction of sp³-hybridized carbons (Fsp3) is 0.900. The Kier molecular flexibility index (Phi) is 2.96. The molecule has 1 saturated carbocycles. The lowest BCUT2D eigenvalue weighted by molar-refractivity contribution is -0.128. The van der Waals surface area contributed by atoms with Crippen LogP contribution in [0.2, 0.25) is 0 Å². The van der Waals surface area contributed by atoms with Gasteiger partial charge in [-0.3, -0.25) is 4.79 Å². The zero-order chi connectivity index (χ0) is 10.1. The first-order chi connectivity index (χ1) is 5.90. The second-order valence-electron chi connectivity index (χ2n) is 5.13. The van der Waals surface area contributed by atoms with Crippen LogP contribution in [0.4, 0.5) is 0 Å². The van der Waals surface area contributed by atoms with E-state index in [1.54, 1.807) is 0 Å². The summed E-state index contributed by atoms with van der Waals surface area (Å²) in [7, 11) is 0. The number of rotatable bonds is 2.